The zero-order valence-corrected chi connectivity index (χ0v) is 10.9. The van der Waals surface area contributed by atoms with Crippen molar-refractivity contribution < 1.29 is 14.3 Å². The number of nitrogens with zero attached hydrogens (tertiary/aromatic N) is 1. The molecule has 0 saturated heterocycles. The summed E-state index contributed by atoms with van der Waals surface area (Å²) in [5.74, 6) is -0.268. The van der Waals surface area contributed by atoms with Crippen molar-refractivity contribution in [3.63, 3.8) is 0 Å². The predicted molar refractivity (Wildman–Crippen MR) is 71.6 cm³/mol. The summed E-state index contributed by atoms with van der Waals surface area (Å²) in [5, 5.41) is 4.41. The van der Waals surface area contributed by atoms with Gasteiger partial charge in [0.25, 0.3) is 11.8 Å². The highest BCUT2D eigenvalue weighted by Crippen LogP contribution is 2.17. The molecule has 98 valence electrons. The average Bonchev–Trinajstić information content (AvgIpc) is 2.87. The standard InChI is InChI=1S/C12H11N3O3S/c1-18-8-4-2-7(3-5-8)11(17)15-12-14-9(6-19-12)10(13)16/h2-6H,1H3,(H2,13,16)(H,14,15,17). The number of primary amides is 1. The minimum Gasteiger partial charge on any atom is -0.497 e. The van der Waals surface area contributed by atoms with Crippen LogP contribution in [0.4, 0.5) is 5.13 Å². The van der Waals surface area contributed by atoms with E-state index < -0.39 is 5.91 Å². The lowest BCUT2D eigenvalue weighted by Crippen LogP contribution is -2.13. The Hall–Kier alpha value is -2.41. The summed E-state index contributed by atoms with van der Waals surface area (Å²) in [6, 6.07) is 6.64. The molecular weight excluding hydrogens is 266 g/mol. The summed E-state index contributed by atoms with van der Waals surface area (Å²) >= 11 is 1.14. The number of nitrogens with one attached hydrogen (secondary N) is 1. The van der Waals surface area contributed by atoms with E-state index >= 15 is 0 Å². The molecule has 0 aliphatic carbocycles. The number of carbonyl (C=O) groups is 2. The van der Waals surface area contributed by atoms with Crippen molar-refractivity contribution >= 4 is 28.3 Å². The zero-order chi connectivity index (χ0) is 13.8. The summed E-state index contributed by atoms with van der Waals surface area (Å²) in [6.45, 7) is 0. The first-order valence-electron chi connectivity index (χ1n) is 5.31. The van der Waals surface area contributed by atoms with Gasteiger partial charge in [-0.25, -0.2) is 4.98 Å². The fourth-order valence-corrected chi connectivity index (χ4v) is 2.05. The van der Waals surface area contributed by atoms with Crippen LogP contribution in [-0.4, -0.2) is 23.9 Å². The van der Waals surface area contributed by atoms with Crippen molar-refractivity contribution in [2.24, 2.45) is 5.73 Å². The number of methoxy groups -OCH3 is 1. The molecule has 2 aromatic rings. The first-order chi connectivity index (χ1) is 9.10. The maximum absolute atomic E-state index is 11.9. The van der Waals surface area contributed by atoms with Crippen molar-refractivity contribution in [3.05, 3.63) is 40.9 Å². The first-order valence-corrected chi connectivity index (χ1v) is 6.19. The molecule has 1 heterocycles. The maximum atomic E-state index is 11.9. The number of benzene rings is 1. The Morgan fingerprint density at radius 2 is 2.00 bits per heavy atom. The monoisotopic (exact) mass is 277 g/mol. The number of carbonyl (C=O) groups excluding carboxylic acids is 2. The van der Waals surface area contributed by atoms with Crippen LogP contribution >= 0.6 is 11.3 Å². The van der Waals surface area contributed by atoms with Gasteiger partial charge >= 0.3 is 0 Å². The Kier molecular flexibility index (Phi) is 3.76. The number of amides is 2. The molecule has 0 atom stereocenters. The Labute approximate surface area is 113 Å². The van der Waals surface area contributed by atoms with Crippen LogP contribution in [-0.2, 0) is 0 Å². The van der Waals surface area contributed by atoms with E-state index in [4.69, 9.17) is 10.5 Å². The van der Waals surface area contributed by atoms with Gasteiger partial charge in [0.15, 0.2) is 5.13 Å². The van der Waals surface area contributed by atoms with Crippen LogP contribution < -0.4 is 15.8 Å². The molecule has 3 N–H and O–H groups in total. The fraction of sp³-hybridized carbons (Fsp3) is 0.0833. The van der Waals surface area contributed by atoms with E-state index in [1.165, 1.54) is 5.38 Å². The van der Waals surface area contributed by atoms with Crippen molar-refractivity contribution in [3.8, 4) is 5.75 Å². The third-order valence-electron chi connectivity index (χ3n) is 2.33. The van der Waals surface area contributed by atoms with Crippen LogP contribution in [0.15, 0.2) is 29.6 Å². The smallest absolute Gasteiger partial charge is 0.268 e. The van der Waals surface area contributed by atoms with E-state index in [1.54, 1.807) is 31.4 Å². The van der Waals surface area contributed by atoms with Crippen LogP contribution in [0.2, 0.25) is 0 Å². The van der Waals surface area contributed by atoms with Gasteiger partial charge in [0.2, 0.25) is 0 Å². The quantitative estimate of drug-likeness (QED) is 0.885. The summed E-state index contributed by atoms with van der Waals surface area (Å²) < 4.78 is 5.00. The molecule has 1 aromatic heterocycles. The number of aromatic nitrogens is 1. The Balaban J connectivity index is 2.08. The molecule has 0 spiro atoms. The second kappa shape index (κ2) is 5.49. The molecule has 0 radical (unpaired) electrons. The van der Waals surface area contributed by atoms with Gasteiger partial charge in [0.1, 0.15) is 11.4 Å². The molecule has 19 heavy (non-hydrogen) atoms. The highest BCUT2D eigenvalue weighted by atomic mass is 32.1. The molecule has 0 unspecified atom stereocenters. The lowest BCUT2D eigenvalue weighted by molar-refractivity contribution is 0.0992. The Morgan fingerprint density at radius 1 is 1.32 bits per heavy atom. The zero-order valence-electron chi connectivity index (χ0n) is 10.0. The molecule has 0 saturated carbocycles. The van der Waals surface area contributed by atoms with Gasteiger partial charge in [-0.05, 0) is 24.3 Å². The van der Waals surface area contributed by atoms with Crippen molar-refractivity contribution in [2.45, 2.75) is 0 Å². The molecule has 0 fully saturated rings. The number of ether oxygens (including phenoxy) is 1. The topological polar surface area (TPSA) is 94.3 Å². The number of anilines is 1. The van der Waals surface area contributed by atoms with Gasteiger partial charge in [0.05, 0.1) is 7.11 Å². The lowest BCUT2D eigenvalue weighted by Gasteiger charge is -2.03. The van der Waals surface area contributed by atoms with Gasteiger partial charge in [-0.2, -0.15) is 0 Å². The second-order valence-electron chi connectivity index (χ2n) is 3.58. The largest absolute Gasteiger partial charge is 0.497 e. The third-order valence-corrected chi connectivity index (χ3v) is 3.09. The van der Waals surface area contributed by atoms with Crippen molar-refractivity contribution in [1.29, 1.82) is 0 Å². The molecule has 2 amide bonds. The van der Waals surface area contributed by atoms with Gasteiger partial charge in [-0.1, -0.05) is 0 Å². The number of hydrogen-bond acceptors (Lipinski definition) is 5. The third kappa shape index (κ3) is 3.08. The Bertz CT molecular complexity index is 607. The SMILES string of the molecule is COc1ccc(C(=O)Nc2nc(C(N)=O)cs2)cc1. The molecule has 0 aliphatic heterocycles. The minimum atomic E-state index is -0.624. The molecular formula is C12H11N3O3S. The van der Waals surface area contributed by atoms with Crippen LogP contribution in [0.5, 0.6) is 5.75 Å². The number of rotatable bonds is 4. The Morgan fingerprint density at radius 3 is 2.53 bits per heavy atom. The number of nitrogens with two attached hydrogens (primary N) is 1. The normalized spacial score (nSPS) is 9.95. The predicted octanol–water partition coefficient (Wildman–Crippen LogP) is 1.50. The minimum absolute atomic E-state index is 0.134. The molecule has 1 aromatic carbocycles. The highest BCUT2D eigenvalue weighted by Gasteiger charge is 2.11. The number of thiazole rings is 1. The second-order valence-corrected chi connectivity index (χ2v) is 4.44. The molecule has 2 rings (SSSR count). The number of hydrogen-bond donors (Lipinski definition) is 2. The lowest BCUT2D eigenvalue weighted by atomic mass is 10.2. The summed E-state index contributed by atoms with van der Waals surface area (Å²) in [5.41, 5.74) is 5.68. The van der Waals surface area contributed by atoms with E-state index in [1.807, 2.05) is 0 Å². The molecule has 7 heteroatoms. The average molecular weight is 277 g/mol. The van der Waals surface area contributed by atoms with E-state index in [2.05, 4.69) is 10.3 Å². The van der Waals surface area contributed by atoms with Gasteiger partial charge < -0.3 is 10.5 Å². The summed E-state index contributed by atoms with van der Waals surface area (Å²) in [6.07, 6.45) is 0. The van der Waals surface area contributed by atoms with Gasteiger partial charge in [0, 0.05) is 10.9 Å². The van der Waals surface area contributed by atoms with Gasteiger partial charge in [-0.15, -0.1) is 11.3 Å². The van der Waals surface area contributed by atoms with Crippen molar-refractivity contribution in [1.82, 2.24) is 4.98 Å². The first kappa shape index (κ1) is 13.0. The van der Waals surface area contributed by atoms with Crippen LogP contribution in [0.25, 0.3) is 0 Å². The summed E-state index contributed by atoms with van der Waals surface area (Å²) in [4.78, 5) is 26.7. The van der Waals surface area contributed by atoms with Crippen LogP contribution in [0, 0.1) is 0 Å². The van der Waals surface area contributed by atoms with Crippen LogP contribution in [0.3, 0.4) is 0 Å². The molecule has 0 bridgehead atoms. The van der Waals surface area contributed by atoms with Gasteiger partial charge in [-0.3, -0.25) is 14.9 Å². The van der Waals surface area contributed by atoms with Crippen LogP contribution in [0.1, 0.15) is 20.8 Å². The maximum Gasteiger partial charge on any atom is 0.268 e. The van der Waals surface area contributed by atoms with E-state index in [0.717, 1.165) is 11.3 Å². The van der Waals surface area contributed by atoms with E-state index in [0.29, 0.717) is 16.4 Å². The fourth-order valence-electron chi connectivity index (χ4n) is 1.36. The van der Waals surface area contributed by atoms with E-state index in [-0.39, 0.29) is 11.6 Å². The molecule has 0 aliphatic rings. The highest BCUT2D eigenvalue weighted by molar-refractivity contribution is 7.14. The van der Waals surface area contributed by atoms with E-state index in [9.17, 15) is 9.59 Å². The summed E-state index contributed by atoms with van der Waals surface area (Å²) in [7, 11) is 1.55. The molecule has 6 nitrogen and oxygen atoms in total. The van der Waals surface area contributed by atoms with Crippen molar-refractivity contribution in [2.75, 3.05) is 12.4 Å².